The number of carbonyl (C=O) groups is 1. The molecule has 0 aliphatic heterocycles. The minimum Gasteiger partial charge on any atom is -0.419 e. The fraction of sp³-hybridized carbons (Fsp3) is 0.286. The van der Waals surface area contributed by atoms with Gasteiger partial charge in [-0.25, -0.2) is 0 Å². The van der Waals surface area contributed by atoms with Crippen molar-refractivity contribution in [2.75, 3.05) is 6.54 Å². The Morgan fingerprint density at radius 1 is 1.03 bits per heavy atom. The summed E-state index contributed by atoms with van der Waals surface area (Å²) in [6, 6.07) is 12.7. The molecular formula is C21H20Cl3N3O2. The van der Waals surface area contributed by atoms with Gasteiger partial charge in [0.15, 0.2) is 0 Å². The van der Waals surface area contributed by atoms with E-state index >= 15 is 0 Å². The number of aryl methyl sites for hydroxylation is 1. The van der Waals surface area contributed by atoms with Gasteiger partial charge in [-0.15, -0.1) is 10.2 Å². The van der Waals surface area contributed by atoms with Gasteiger partial charge in [-0.05, 0) is 36.6 Å². The van der Waals surface area contributed by atoms with Gasteiger partial charge >= 0.3 is 0 Å². The molecule has 3 aromatic rings. The molecule has 0 aliphatic rings. The lowest BCUT2D eigenvalue weighted by molar-refractivity contribution is -0.132. The third-order valence-electron chi connectivity index (χ3n) is 4.38. The minimum absolute atomic E-state index is 0.0135. The van der Waals surface area contributed by atoms with E-state index < -0.39 is 0 Å². The number of nitrogens with zero attached hydrogens (tertiary/aromatic N) is 3. The van der Waals surface area contributed by atoms with Crippen LogP contribution in [0.15, 0.2) is 46.9 Å². The zero-order valence-corrected chi connectivity index (χ0v) is 18.1. The summed E-state index contributed by atoms with van der Waals surface area (Å²) >= 11 is 18.5. The maximum Gasteiger partial charge on any atom is 0.249 e. The van der Waals surface area contributed by atoms with Gasteiger partial charge in [0.25, 0.3) is 0 Å². The lowest BCUT2D eigenvalue weighted by Crippen LogP contribution is -2.31. The molecule has 1 aromatic heterocycles. The van der Waals surface area contributed by atoms with E-state index in [9.17, 15) is 4.79 Å². The zero-order valence-electron chi connectivity index (χ0n) is 15.9. The number of hydrogen-bond donors (Lipinski definition) is 0. The second-order valence-corrected chi connectivity index (χ2v) is 7.70. The molecule has 0 aliphatic carbocycles. The van der Waals surface area contributed by atoms with Gasteiger partial charge in [-0.2, -0.15) is 0 Å². The predicted octanol–water partition coefficient (Wildman–Crippen LogP) is 6.07. The van der Waals surface area contributed by atoms with Crippen LogP contribution in [0.5, 0.6) is 0 Å². The summed E-state index contributed by atoms with van der Waals surface area (Å²) < 4.78 is 5.74. The Morgan fingerprint density at radius 2 is 1.79 bits per heavy atom. The number of rotatable bonds is 8. The van der Waals surface area contributed by atoms with E-state index in [-0.39, 0.29) is 12.5 Å². The van der Waals surface area contributed by atoms with Crippen LogP contribution in [0, 0.1) is 0 Å². The fourth-order valence-electron chi connectivity index (χ4n) is 2.93. The van der Waals surface area contributed by atoms with E-state index in [2.05, 4.69) is 10.2 Å². The SMILES string of the molecule is CCCN(Cc1nnc(-c2ccccc2Cl)o1)C(=O)CCc1cccc(Cl)c1Cl. The summed E-state index contributed by atoms with van der Waals surface area (Å²) in [5, 5.41) is 9.65. The number of amides is 1. The van der Waals surface area contributed by atoms with Crippen LogP contribution in [0.2, 0.25) is 15.1 Å². The minimum atomic E-state index is -0.0135. The molecule has 152 valence electrons. The predicted molar refractivity (Wildman–Crippen MR) is 115 cm³/mol. The highest BCUT2D eigenvalue weighted by atomic mass is 35.5. The van der Waals surface area contributed by atoms with Crippen LogP contribution in [0.4, 0.5) is 0 Å². The molecule has 1 amide bonds. The Kier molecular flexibility index (Phi) is 7.53. The molecule has 2 aromatic carbocycles. The molecule has 0 saturated carbocycles. The lowest BCUT2D eigenvalue weighted by atomic mass is 10.1. The van der Waals surface area contributed by atoms with Crippen molar-refractivity contribution in [1.82, 2.24) is 15.1 Å². The van der Waals surface area contributed by atoms with Crippen molar-refractivity contribution in [3.63, 3.8) is 0 Å². The van der Waals surface area contributed by atoms with Crippen molar-refractivity contribution in [3.8, 4) is 11.5 Å². The van der Waals surface area contributed by atoms with Gasteiger partial charge in [0.05, 0.1) is 27.2 Å². The quantitative estimate of drug-likeness (QED) is 0.416. The fourth-order valence-corrected chi connectivity index (χ4v) is 3.56. The topological polar surface area (TPSA) is 59.2 Å². The smallest absolute Gasteiger partial charge is 0.249 e. The molecular weight excluding hydrogens is 433 g/mol. The number of hydrogen-bond acceptors (Lipinski definition) is 4. The van der Waals surface area contributed by atoms with Crippen molar-refractivity contribution in [1.29, 1.82) is 0 Å². The molecule has 0 bridgehead atoms. The van der Waals surface area contributed by atoms with Crippen LogP contribution < -0.4 is 0 Å². The molecule has 0 saturated heterocycles. The third-order valence-corrected chi connectivity index (χ3v) is 5.57. The Labute approximate surface area is 184 Å². The first-order chi connectivity index (χ1) is 14.0. The highest BCUT2D eigenvalue weighted by Crippen LogP contribution is 2.28. The van der Waals surface area contributed by atoms with E-state index in [0.29, 0.717) is 51.8 Å². The molecule has 0 fully saturated rings. The molecule has 0 unspecified atom stereocenters. The normalized spacial score (nSPS) is 10.9. The summed E-state index contributed by atoms with van der Waals surface area (Å²) in [6.07, 6.45) is 1.63. The Bertz CT molecular complexity index is 991. The number of carbonyl (C=O) groups excluding carboxylic acids is 1. The van der Waals surface area contributed by atoms with E-state index in [1.165, 1.54) is 0 Å². The molecule has 29 heavy (non-hydrogen) atoms. The largest absolute Gasteiger partial charge is 0.419 e. The Balaban J connectivity index is 1.67. The monoisotopic (exact) mass is 451 g/mol. The molecule has 3 rings (SSSR count). The molecule has 1 heterocycles. The first-order valence-corrected chi connectivity index (χ1v) is 10.4. The molecule has 0 spiro atoms. The number of aromatic nitrogens is 2. The van der Waals surface area contributed by atoms with Crippen LogP contribution in [-0.4, -0.2) is 27.5 Å². The first-order valence-electron chi connectivity index (χ1n) is 9.27. The van der Waals surface area contributed by atoms with E-state index in [1.54, 1.807) is 17.0 Å². The van der Waals surface area contributed by atoms with Gasteiger partial charge in [-0.3, -0.25) is 4.79 Å². The van der Waals surface area contributed by atoms with Gasteiger partial charge in [0.2, 0.25) is 17.7 Å². The summed E-state index contributed by atoms with van der Waals surface area (Å²) in [4.78, 5) is 14.5. The van der Waals surface area contributed by atoms with Crippen LogP contribution in [0.3, 0.4) is 0 Å². The van der Waals surface area contributed by atoms with E-state index in [1.807, 2.05) is 37.3 Å². The average molecular weight is 453 g/mol. The van der Waals surface area contributed by atoms with Gasteiger partial charge in [-0.1, -0.05) is 66.0 Å². The summed E-state index contributed by atoms with van der Waals surface area (Å²) in [7, 11) is 0. The Morgan fingerprint density at radius 3 is 2.55 bits per heavy atom. The maximum absolute atomic E-state index is 12.8. The molecule has 5 nitrogen and oxygen atoms in total. The highest BCUT2D eigenvalue weighted by Gasteiger charge is 2.18. The van der Waals surface area contributed by atoms with E-state index in [4.69, 9.17) is 39.2 Å². The third kappa shape index (κ3) is 5.50. The lowest BCUT2D eigenvalue weighted by Gasteiger charge is -2.20. The summed E-state index contributed by atoms with van der Waals surface area (Å²) in [5.74, 6) is 0.683. The van der Waals surface area contributed by atoms with Crippen molar-refractivity contribution in [2.24, 2.45) is 0 Å². The molecule has 0 radical (unpaired) electrons. The maximum atomic E-state index is 12.8. The average Bonchev–Trinajstić information content (AvgIpc) is 3.17. The van der Waals surface area contributed by atoms with Gasteiger partial charge < -0.3 is 9.32 Å². The van der Waals surface area contributed by atoms with Gasteiger partial charge in [0, 0.05) is 13.0 Å². The number of halogens is 3. The zero-order chi connectivity index (χ0) is 20.8. The van der Waals surface area contributed by atoms with Crippen LogP contribution >= 0.6 is 34.8 Å². The second kappa shape index (κ2) is 10.1. The summed E-state index contributed by atoms with van der Waals surface area (Å²) in [6.45, 7) is 2.84. The molecule has 0 N–H and O–H groups in total. The van der Waals surface area contributed by atoms with Crippen LogP contribution in [-0.2, 0) is 17.8 Å². The van der Waals surface area contributed by atoms with Crippen molar-refractivity contribution in [3.05, 3.63) is 69.0 Å². The van der Waals surface area contributed by atoms with Crippen molar-refractivity contribution in [2.45, 2.75) is 32.7 Å². The molecule has 0 atom stereocenters. The van der Waals surface area contributed by atoms with Gasteiger partial charge in [0.1, 0.15) is 0 Å². The Hall–Kier alpha value is -2.08. The van der Waals surface area contributed by atoms with Crippen LogP contribution in [0.25, 0.3) is 11.5 Å². The second-order valence-electron chi connectivity index (χ2n) is 6.51. The highest BCUT2D eigenvalue weighted by molar-refractivity contribution is 6.42. The summed E-state index contributed by atoms with van der Waals surface area (Å²) in [5.41, 5.74) is 1.51. The first kappa shape index (κ1) is 21.6. The van der Waals surface area contributed by atoms with Crippen molar-refractivity contribution >= 4 is 40.7 Å². The standard InChI is InChI=1S/C21H20Cl3N3O2/c1-2-12-27(19(28)11-10-14-6-5-9-17(23)20(14)24)13-18-25-26-21(29-18)15-7-3-4-8-16(15)22/h3-9H,2,10-13H2,1H3. The number of benzene rings is 2. The van der Waals surface area contributed by atoms with Crippen molar-refractivity contribution < 1.29 is 9.21 Å². The molecule has 8 heteroatoms. The van der Waals surface area contributed by atoms with E-state index in [0.717, 1.165) is 12.0 Å². The van der Waals surface area contributed by atoms with Crippen LogP contribution in [0.1, 0.15) is 31.2 Å².